The molecular weight excluding hydrogens is 466 g/mol. The quantitative estimate of drug-likeness (QED) is 0.352. The van der Waals surface area contributed by atoms with Gasteiger partial charge in [-0.05, 0) is 36.8 Å². The largest absolute Gasteiger partial charge is 0.506 e. The van der Waals surface area contributed by atoms with E-state index in [0.717, 1.165) is 34.0 Å². The van der Waals surface area contributed by atoms with Gasteiger partial charge in [0.2, 0.25) is 0 Å². The molecule has 154 valence electrons. The highest BCUT2D eigenvalue weighted by Gasteiger charge is 2.23. The van der Waals surface area contributed by atoms with Crippen molar-refractivity contribution in [2.24, 2.45) is 0 Å². The number of carbonyl (C=O) groups is 1. The van der Waals surface area contributed by atoms with E-state index in [0.29, 0.717) is 22.6 Å². The van der Waals surface area contributed by atoms with Gasteiger partial charge in [-0.3, -0.25) is 14.9 Å². The maximum absolute atomic E-state index is 13.2. The highest BCUT2D eigenvalue weighted by molar-refractivity contribution is 9.10. The third kappa shape index (κ3) is 3.85. The number of amides is 1. The van der Waals surface area contributed by atoms with Crippen molar-refractivity contribution >= 4 is 59.4 Å². The van der Waals surface area contributed by atoms with Crippen LogP contribution >= 0.6 is 27.3 Å². The molecule has 8 heteroatoms. The zero-order valence-corrected chi connectivity index (χ0v) is 18.7. The van der Waals surface area contributed by atoms with Gasteiger partial charge in [0.1, 0.15) is 11.3 Å². The van der Waals surface area contributed by atoms with Crippen molar-refractivity contribution in [3.63, 3.8) is 0 Å². The zero-order valence-electron chi connectivity index (χ0n) is 16.3. The first-order valence-electron chi connectivity index (χ1n) is 9.71. The number of anilines is 1. The summed E-state index contributed by atoms with van der Waals surface area (Å²) >= 11 is 4.73. The summed E-state index contributed by atoms with van der Waals surface area (Å²) in [5, 5.41) is 14.3. The molecule has 0 saturated carbocycles. The number of carbonyl (C=O) groups excluding carboxylic acids is 1. The van der Waals surface area contributed by atoms with Gasteiger partial charge < -0.3 is 9.67 Å². The summed E-state index contributed by atoms with van der Waals surface area (Å²) in [4.78, 5) is 30.6. The Hall–Kier alpha value is -2.71. The fourth-order valence-electron chi connectivity index (χ4n) is 3.45. The molecule has 0 spiro atoms. The molecule has 0 aliphatic rings. The van der Waals surface area contributed by atoms with Crippen LogP contribution in [0.4, 0.5) is 5.13 Å². The van der Waals surface area contributed by atoms with E-state index in [2.05, 4.69) is 33.2 Å². The van der Waals surface area contributed by atoms with Gasteiger partial charge in [0.25, 0.3) is 11.5 Å². The van der Waals surface area contributed by atoms with E-state index in [4.69, 9.17) is 0 Å². The molecular formula is C22H20BrN3O3S. The highest BCUT2D eigenvalue weighted by Crippen LogP contribution is 2.30. The molecule has 4 aromatic rings. The molecule has 0 unspecified atom stereocenters. The van der Waals surface area contributed by atoms with Crippen molar-refractivity contribution in [2.75, 3.05) is 5.32 Å². The number of unbranched alkanes of at least 4 members (excludes halogenated alkanes) is 2. The van der Waals surface area contributed by atoms with Gasteiger partial charge in [-0.1, -0.05) is 59.2 Å². The van der Waals surface area contributed by atoms with Gasteiger partial charge in [-0.2, -0.15) is 0 Å². The Balaban J connectivity index is 1.76. The van der Waals surface area contributed by atoms with Crippen molar-refractivity contribution in [1.82, 2.24) is 9.55 Å². The van der Waals surface area contributed by atoms with E-state index in [-0.39, 0.29) is 11.3 Å². The van der Waals surface area contributed by atoms with Crippen molar-refractivity contribution in [1.29, 1.82) is 0 Å². The number of aromatic hydroxyl groups is 1. The van der Waals surface area contributed by atoms with Crippen LogP contribution in [0, 0.1) is 0 Å². The molecule has 2 aromatic carbocycles. The van der Waals surface area contributed by atoms with E-state index in [9.17, 15) is 14.7 Å². The van der Waals surface area contributed by atoms with Gasteiger partial charge >= 0.3 is 0 Å². The molecule has 2 aromatic heterocycles. The molecule has 6 nitrogen and oxygen atoms in total. The lowest BCUT2D eigenvalue weighted by molar-refractivity contribution is 0.102. The summed E-state index contributed by atoms with van der Waals surface area (Å²) < 4.78 is 3.40. The fraction of sp³-hybridized carbons (Fsp3) is 0.227. The SMILES string of the molecule is CCCCCn1c(=O)c(C(=O)Nc2nc3ccc(Br)cc3s2)c(O)c2ccccc21. The monoisotopic (exact) mass is 485 g/mol. The van der Waals surface area contributed by atoms with Crippen LogP contribution in [-0.2, 0) is 6.54 Å². The fourth-order valence-corrected chi connectivity index (χ4v) is 4.86. The van der Waals surface area contributed by atoms with Gasteiger partial charge in [-0.25, -0.2) is 4.98 Å². The van der Waals surface area contributed by atoms with Crippen molar-refractivity contribution in [2.45, 2.75) is 32.7 Å². The summed E-state index contributed by atoms with van der Waals surface area (Å²) in [6.07, 6.45) is 2.81. The first-order chi connectivity index (χ1) is 14.5. The lowest BCUT2D eigenvalue weighted by atomic mass is 10.1. The van der Waals surface area contributed by atoms with Gasteiger partial charge in [0, 0.05) is 16.4 Å². The van der Waals surface area contributed by atoms with Crippen LogP contribution in [0.25, 0.3) is 21.1 Å². The summed E-state index contributed by atoms with van der Waals surface area (Å²) in [7, 11) is 0. The van der Waals surface area contributed by atoms with Gasteiger partial charge in [-0.15, -0.1) is 0 Å². The van der Waals surface area contributed by atoms with E-state index in [1.54, 1.807) is 22.8 Å². The number of thiazole rings is 1. The maximum Gasteiger partial charge on any atom is 0.267 e. The summed E-state index contributed by atoms with van der Waals surface area (Å²) in [5.74, 6) is -0.964. The van der Waals surface area contributed by atoms with Gasteiger partial charge in [0.15, 0.2) is 5.13 Å². The van der Waals surface area contributed by atoms with Crippen LogP contribution < -0.4 is 10.9 Å². The molecule has 30 heavy (non-hydrogen) atoms. The molecule has 4 rings (SSSR count). The molecule has 0 aliphatic heterocycles. The second kappa shape index (κ2) is 8.57. The minimum Gasteiger partial charge on any atom is -0.506 e. The molecule has 2 N–H and O–H groups in total. The molecule has 0 bridgehead atoms. The Morgan fingerprint density at radius 3 is 2.83 bits per heavy atom. The number of fused-ring (bicyclic) bond motifs is 2. The van der Waals surface area contributed by atoms with Crippen molar-refractivity contribution in [3.8, 4) is 5.75 Å². The molecule has 0 radical (unpaired) electrons. The number of hydrogen-bond donors (Lipinski definition) is 2. The minimum atomic E-state index is -0.661. The number of aromatic nitrogens is 2. The first-order valence-corrected chi connectivity index (χ1v) is 11.3. The first kappa shape index (κ1) is 20.6. The molecule has 0 atom stereocenters. The van der Waals surface area contributed by atoms with Crippen LogP contribution in [0.5, 0.6) is 5.75 Å². The summed E-state index contributed by atoms with van der Waals surface area (Å²) in [6, 6.07) is 12.7. The van der Waals surface area contributed by atoms with Crippen molar-refractivity contribution in [3.05, 3.63) is 62.9 Å². The number of para-hydroxylation sites is 1. The number of hydrogen-bond acceptors (Lipinski definition) is 5. The van der Waals surface area contributed by atoms with Crippen LogP contribution in [0.1, 0.15) is 36.5 Å². The number of aryl methyl sites for hydroxylation is 1. The standard InChI is InChI=1S/C22H20BrN3O3S/c1-2-3-6-11-26-16-8-5-4-7-14(16)19(27)18(21(26)29)20(28)25-22-24-15-10-9-13(23)12-17(15)30-22/h4-5,7-10,12,27H,2-3,6,11H2,1H3,(H,24,25,28). The van der Waals surface area contributed by atoms with Crippen molar-refractivity contribution < 1.29 is 9.90 Å². The lowest BCUT2D eigenvalue weighted by Gasteiger charge is -2.14. The molecule has 2 heterocycles. The van der Waals surface area contributed by atoms with E-state index in [1.807, 2.05) is 24.3 Å². The number of pyridine rings is 1. The Morgan fingerprint density at radius 2 is 2.03 bits per heavy atom. The second-order valence-electron chi connectivity index (χ2n) is 6.99. The summed E-state index contributed by atoms with van der Waals surface area (Å²) in [6.45, 7) is 2.58. The third-order valence-corrected chi connectivity index (χ3v) is 6.36. The predicted octanol–water partition coefficient (Wildman–Crippen LogP) is 5.52. The topological polar surface area (TPSA) is 84.2 Å². The number of rotatable bonds is 6. The molecule has 1 amide bonds. The number of nitrogens with zero attached hydrogens (tertiary/aromatic N) is 2. The molecule has 0 saturated heterocycles. The Bertz CT molecular complexity index is 1310. The number of benzene rings is 2. The molecule has 0 aliphatic carbocycles. The van der Waals surface area contributed by atoms with Crippen LogP contribution in [0.3, 0.4) is 0 Å². The second-order valence-corrected chi connectivity index (χ2v) is 8.94. The zero-order chi connectivity index (χ0) is 21.3. The predicted molar refractivity (Wildman–Crippen MR) is 125 cm³/mol. The molecule has 0 fully saturated rings. The normalized spacial score (nSPS) is 11.3. The maximum atomic E-state index is 13.2. The number of nitrogens with one attached hydrogen (secondary N) is 1. The summed E-state index contributed by atoms with van der Waals surface area (Å²) in [5.41, 5.74) is 0.616. The minimum absolute atomic E-state index is 0.259. The van der Waals surface area contributed by atoms with Crippen LogP contribution in [-0.4, -0.2) is 20.6 Å². The van der Waals surface area contributed by atoms with E-state index >= 15 is 0 Å². The Labute approximate surface area is 185 Å². The van der Waals surface area contributed by atoms with E-state index < -0.39 is 11.5 Å². The van der Waals surface area contributed by atoms with Crippen LogP contribution in [0.2, 0.25) is 0 Å². The average Bonchev–Trinajstić information content (AvgIpc) is 3.11. The van der Waals surface area contributed by atoms with E-state index in [1.165, 1.54) is 11.3 Å². The number of halogens is 1. The Morgan fingerprint density at radius 1 is 1.23 bits per heavy atom. The Kier molecular flexibility index (Phi) is 5.87. The lowest BCUT2D eigenvalue weighted by Crippen LogP contribution is -2.30. The smallest absolute Gasteiger partial charge is 0.267 e. The van der Waals surface area contributed by atoms with Gasteiger partial charge in [0.05, 0.1) is 15.7 Å². The highest BCUT2D eigenvalue weighted by atomic mass is 79.9. The third-order valence-electron chi connectivity index (χ3n) is 4.93. The average molecular weight is 486 g/mol. The van der Waals surface area contributed by atoms with Crippen LogP contribution in [0.15, 0.2) is 51.7 Å².